The maximum Gasteiger partial charge on any atom is 0.254 e. The summed E-state index contributed by atoms with van der Waals surface area (Å²) < 4.78 is 0. The van der Waals surface area contributed by atoms with Gasteiger partial charge in [-0.15, -0.1) is 0 Å². The largest absolute Gasteiger partial charge is 0.336 e. The number of amides is 1. The van der Waals surface area contributed by atoms with Crippen LogP contribution in [-0.2, 0) is 0 Å². The van der Waals surface area contributed by atoms with Gasteiger partial charge < -0.3 is 10.2 Å². The lowest BCUT2D eigenvalue weighted by Crippen LogP contribution is -2.62. The maximum atomic E-state index is 12.6. The van der Waals surface area contributed by atoms with Gasteiger partial charge in [0.1, 0.15) is 0 Å². The fourth-order valence-corrected chi connectivity index (χ4v) is 3.01. The van der Waals surface area contributed by atoms with E-state index in [1.54, 1.807) is 0 Å². The summed E-state index contributed by atoms with van der Waals surface area (Å²) in [6.07, 6.45) is 0. The van der Waals surface area contributed by atoms with Gasteiger partial charge in [-0.2, -0.15) is 0 Å². The summed E-state index contributed by atoms with van der Waals surface area (Å²) in [5.74, 6) is 0.108. The predicted molar refractivity (Wildman–Crippen MR) is 80.3 cm³/mol. The van der Waals surface area contributed by atoms with Crippen molar-refractivity contribution in [3.63, 3.8) is 0 Å². The monoisotopic (exact) mass is 293 g/mol. The highest BCUT2D eigenvalue weighted by Gasteiger charge is 2.29. The summed E-state index contributed by atoms with van der Waals surface area (Å²) in [6.45, 7) is 7.63. The first-order valence-corrected chi connectivity index (χ1v) is 7.54. The van der Waals surface area contributed by atoms with Crippen molar-refractivity contribution in [1.29, 1.82) is 0 Å². The Bertz CT molecular complexity index is 508. The standard InChI is InChI=1S/C15H20ClN3O/c1-11-13(3-2-4-14(11)16)15(20)19-7-5-18(6-8-19)12-9-17-10-12/h2-4,12,17H,5-10H2,1H3. The number of carbonyl (C=O) groups is 1. The van der Waals surface area contributed by atoms with Crippen molar-refractivity contribution in [2.24, 2.45) is 0 Å². The van der Waals surface area contributed by atoms with Crippen molar-refractivity contribution in [2.45, 2.75) is 13.0 Å². The fraction of sp³-hybridized carbons (Fsp3) is 0.533. The number of benzene rings is 1. The molecule has 3 rings (SSSR count). The lowest BCUT2D eigenvalue weighted by Gasteiger charge is -2.43. The van der Waals surface area contributed by atoms with E-state index in [2.05, 4.69) is 10.2 Å². The number of piperazine rings is 1. The molecule has 0 aliphatic carbocycles. The van der Waals surface area contributed by atoms with E-state index in [-0.39, 0.29) is 5.91 Å². The van der Waals surface area contributed by atoms with Crippen LogP contribution in [0, 0.1) is 6.92 Å². The number of carbonyl (C=O) groups excluding carboxylic acids is 1. The normalized spacial score (nSPS) is 20.8. The Morgan fingerprint density at radius 1 is 1.25 bits per heavy atom. The molecule has 0 aromatic heterocycles. The number of nitrogens with one attached hydrogen (secondary N) is 1. The molecule has 0 spiro atoms. The van der Waals surface area contributed by atoms with E-state index in [4.69, 9.17) is 11.6 Å². The zero-order chi connectivity index (χ0) is 14.1. The van der Waals surface area contributed by atoms with Crippen LogP contribution in [0.5, 0.6) is 0 Å². The number of nitrogens with zero attached hydrogens (tertiary/aromatic N) is 2. The molecule has 2 saturated heterocycles. The van der Waals surface area contributed by atoms with Crippen molar-refractivity contribution < 1.29 is 4.79 Å². The first-order valence-electron chi connectivity index (χ1n) is 7.16. The van der Waals surface area contributed by atoms with E-state index in [9.17, 15) is 4.79 Å². The van der Waals surface area contributed by atoms with Gasteiger partial charge in [0.05, 0.1) is 0 Å². The summed E-state index contributed by atoms with van der Waals surface area (Å²) >= 11 is 6.10. The Balaban J connectivity index is 1.65. The SMILES string of the molecule is Cc1c(Cl)cccc1C(=O)N1CCN(C2CNC2)CC1. The third-order valence-electron chi connectivity index (χ3n) is 4.38. The summed E-state index contributed by atoms with van der Waals surface area (Å²) in [4.78, 5) is 17.0. The van der Waals surface area contributed by atoms with Crippen LogP contribution in [0.1, 0.15) is 15.9 Å². The minimum atomic E-state index is 0.108. The molecule has 1 aromatic carbocycles. The number of hydrogen-bond acceptors (Lipinski definition) is 3. The Morgan fingerprint density at radius 3 is 2.55 bits per heavy atom. The zero-order valence-corrected chi connectivity index (χ0v) is 12.5. The average molecular weight is 294 g/mol. The van der Waals surface area contributed by atoms with Gasteiger partial charge in [-0.1, -0.05) is 17.7 Å². The van der Waals surface area contributed by atoms with Crippen LogP contribution in [0.3, 0.4) is 0 Å². The van der Waals surface area contributed by atoms with E-state index in [0.717, 1.165) is 50.4 Å². The summed E-state index contributed by atoms with van der Waals surface area (Å²) in [7, 11) is 0. The van der Waals surface area contributed by atoms with Gasteiger partial charge in [0, 0.05) is 55.9 Å². The van der Waals surface area contributed by atoms with Crippen LogP contribution >= 0.6 is 11.6 Å². The number of rotatable bonds is 2. The summed E-state index contributed by atoms with van der Waals surface area (Å²) in [6, 6.07) is 6.21. The molecule has 0 unspecified atom stereocenters. The quantitative estimate of drug-likeness (QED) is 0.895. The Labute approximate surface area is 124 Å². The molecular formula is C15H20ClN3O. The molecule has 2 heterocycles. The van der Waals surface area contributed by atoms with Gasteiger partial charge >= 0.3 is 0 Å². The van der Waals surface area contributed by atoms with E-state index in [0.29, 0.717) is 11.1 Å². The van der Waals surface area contributed by atoms with Crippen molar-refractivity contribution in [2.75, 3.05) is 39.3 Å². The third kappa shape index (κ3) is 2.55. The fourth-order valence-electron chi connectivity index (χ4n) is 2.83. The lowest BCUT2D eigenvalue weighted by atomic mass is 10.1. The highest BCUT2D eigenvalue weighted by atomic mass is 35.5. The Hall–Kier alpha value is -1.10. The van der Waals surface area contributed by atoms with E-state index in [1.807, 2.05) is 30.0 Å². The third-order valence-corrected chi connectivity index (χ3v) is 4.79. The van der Waals surface area contributed by atoms with Crippen LogP contribution in [0.4, 0.5) is 0 Å². The van der Waals surface area contributed by atoms with Crippen LogP contribution in [0.2, 0.25) is 5.02 Å². The van der Waals surface area contributed by atoms with Gasteiger partial charge in [-0.3, -0.25) is 9.69 Å². The van der Waals surface area contributed by atoms with E-state index in [1.165, 1.54) is 0 Å². The Kier molecular flexibility index (Phi) is 3.96. The van der Waals surface area contributed by atoms with Crippen molar-refractivity contribution in [1.82, 2.24) is 15.1 Å². The molecule has 0 radical (unpaired) electrons. The predicted octanol–water partition coefficient (Wildman–Crippen LogP) is 1.38. The zero-order valence-electron chi connectivity index (χ0n) is 11.7. The number of hydrogen-bond donors (Lipinski definition) is 1. The number of halogens is 1. The van der Waals surface area contributed by atoms with Gasteiger partial charge in [-0.05, 0) is 24.6 Å². The first kappa shape index (κ1) is 13.9. The van der Waals surface area contributed by atoms with Crippen LogP contribution in [0.25, 0.3) is 0 Å². The lowest BCUT2D eigenvalue weighted by molar-refractivity contribution is 0.0501. The second-order valence-electron chi connectivity index (χ2n) is 5.55. The van der Waals surface area contributed by atoms with E-state index >= 15 is 0 Å². The Morgan fingerprint density at radius 2 is 1.95 bits per heavy atom. The van der Waals surface area contributed by atoms with Crippen LogP contribution in [-0.4, -0.2) is 61.0 Å². The second kappa shape index (κ2) is 5.72. The molecule has 20 heavy (non-hydrogen) atoms. The van der Waals surface area contributed by atoms with Gasteiger partial charge in [0.2, 0.25) is 0 Å². The minimum absolute atomic E-state index is 0.108. The molecule has 4 nitrogen and oxygen atoms in total. The molecule has 5 heteroatoms. The molecule has 0 saturated carbocycles. The van der Waals surface area contributed by atoms with Crippen molar-refractivity contribution in [3.8, 4) is 0 Å². The van der Waals surface area contributed by atoms with Crippen LogP contribution < -0.4 is 5.32 Å². The van der Waals surface area contributed by atoms with Gasteiger partial charge in [-0.25, -0.2) is 0 Å². The molecule has 2 aliphatic rings. The molecule has 2 fully saturated rings. The highest BCUT2D eigenvalue weighted by molar-refractivity contribution is 6.31. The minimum Gasteiger partial charge on any atom is -0.336 e. The average Bonchev–Trinajstić information content (AvgIpc) is 2.40. The van der Waals surface area contributed by atoms with Crippen molar-refractivity contribution in [3.05, 3.63) is 34.3 Å². The van der Waals surface area contributed by atoms with Crippen molar-refractivity contribution >= 4 is 17.5 Å². The molecule has 1 aromatic rings. The summed E-state index contributed by atoms with van der Waals surface area (Å²) in [5, 5.41) is 3.96. The molecule has 108 valence electrons. The van der Waals surface area contributed by atoms with E-state index < -0.39 is 0 Å². The molecule has 0 atom stereocenters. The molecule has 1 amide bonds. The molecule has 2 aliphatic heterocycles. The van der Waals surface area contributed by atoms with Gasteiger partial charge in [0.25, 0.3) is 5.91 Å². The van der Waals surface area contributed by atoms with Crippen LogP contribution in [0.15, 0.2) is 18.2 Å². The summed E-state index contributed by atoms with van der Waals surface area (Å²) in [5.41, 5.74) is 1.61. The molecule has 1 N–H and O–H groups in total. The molecular weight excluding hydrogens is 274 g/mol. The topological polar surface area (TPSA) is 35.6 Å². The van der Waals surface area contributed by atoms with Gasteiger partial charge in [0.15, 0.2) is 0 Å². The highest BCUT2D eigenvalue weighted by Crippen LogP contribution is 2.21. The first-order chi connectivity index (χ1) is 9.66. The second-order valence-corrected chi connectivity index (χ2v) is 5.96. The smallest absolute Gasteiger partial charge is 0.254 e. The maximum absolute atomic E-state index is 12.6. The molecule has 0 bridgehead atoms.